The second-order valence-electron chi connectivity index (χ2n) is 4.60. The summed E-state index contributed by atoms with van der Waals surface area (Å²) in [5.74, 6) is -0.164. The third-order valence-corrected chi connectivity index (χ3v) is 3.27. The fraction of sp³-hybridized carbons (Fsp3) is 0.538. The molecule has 0 saturated heterocycles. The number of nitriles is 1. The summed E-state index contributed by atoms with van der Waals surface area (Å²) in [4.78, 5) is 23.4. The minimum atomic E-state index is -0.164. The zero-order valence-electron chi connectivity index (χ0n) is 10.7. The van der Waals surface area contributed by atoms with Crippen molar-refractivity contribution in [3.05, 3.63) is 27.2 Å². The Labute approximate surface area is 110 Å². The number of carbonyl (C=O) groups is 1. The van der Waals surface area contributed by atoms with Crippen LogP contribution in [0, 0.1) is 11.3 Å². The minimum absolute atomic E-state index is 0.136. The van der Waals surface area contributed by atoms with Gasteiger partial charge in [-0.25, -0.2) is 5.10 Å². The van der Waals surface area contributed by atoms with Crippen LogP contribution in [0.4, 0.5) is 0 Å². The lowest BCUT2D eigenvalue weighted by atomic mass is 9.91. The summed E-state index contributed by atoms with van der Waals surface area (Å²) in [5, 5.41) is 17.5. The fourth-order valence-corrected chi connectivity index (χ4v) is 2.35. The average molecular weight is 260 g/mol. The van der Waals surface area contributed by atoms with Gasteiger partial charge in [-0.1, -0.05) is 0 Å². The number of aromatic amines is 1. The van der Waals surface area contributed by atoms with Crippen LogP contribution in [0.15, 0.2) is 4.79 Å². The van der Waals surface area contributed by atoms with Gasteiger partial charge in [-0.05, 0) is 31.2 Å². The Kier molecular flexibility index (Phi) is 4.29. The number of rotatable bonds is 4. The molecule has 100 valence electrons. The molecule has 0 unspecified atom stereocenters. The van der Waals surface area contributed by atoms with Crippen LogP contribution >= 0.6 is 0 Å². The highest BCUT2D eigenvalue weighted by atomic mass is 16.1. The van der Waals surface area contributed by atoms with Crippen LogP contribution < -0.4 is 10.9 Å². The fourth-order valence-electron chi connectivity index (χ4n) is 2.35. The van der Waals surface area contributed by atoms with E-state index in [9.17, 15) is 9.59 Å². The van der Waals surface area contributed by atoms with E-state index in [2.05, 4.69) is 15.5 Å². The number of hydrogen-bond donors (Lipinski definition) is 2. The van der Waals surface area contributed by atoms with Gasteiger partial charge in [0.25, 0.3) is 5.56 Å². The van der Waals surface area contributed by atoms with Crippen molar-refractivity contribution in [2.75, 3.05) is 6.54 Å². The highest BCUT2D eigenvalue weighted by molar-refractivity contribution is 5.78. The number of fused-ring (bicyclic) bond motifs is 1. The number of H-pyrrole nitrogens is 1. The van der Waals surface area contributed by atoms with Crippen molar-refractivity contribution >= 4 is 5.91 Å². The molecule has 0 aliphatic heterocycles. The Balaban J connectivity index is 2.11. The number of amides is 1. The summed E-state index contributed by atoms with van der Waals surface area (Å²) in [6.45, 7) is 0.348. The van der Waals surface area contributed by atoms with Crippen LogP contribution in [0.2, 0.25) is 0 Å². The monoisotopic (exact) mass is 260 g/mol. The summed E-state index contributed by atoms with van der Waals surface area (Å²) >= 11 is 0. The maximum atomic E-state index is 11.7. The number of carbonyl (C=O) groups excluding carboxylic acids is 1. The molecule has 1 aliphatic rings. The quantitative estimate of drug-likeness (QED) is 0.756. The lowest BCUT2D eigenvalue weighted by Crippen LogP contribution is -2.29. The number of aromatic nitrogens is 2. The van der Waals surface area contributed by atoms with E-state index in [1.165, 1.54) is 0 Å². The van der Waals surface area contributed by atoms with Crippen LogP contribution in [-0.4, -0.2) is 22.6 Å². The van der Waals surface area contributed by atoms with E-state index in [0.29, 0.717) is 18.7 Å². The third-order valence-electron chi connectivity index (χ3n) is 3.27. The highest BCUT2D eigenvalue weighted by Crippen LogP contribution is 2.20. The molecule has 6 nitrogen and oxygen atoms in total. The second kappa shape index (κ2) is 6.14. The first kappa shape index (κ1) is 13.3. The van der Waals surface area contributed by atoms with Crippen molar-refractivity contribution in [3.63, 3.8) is 0 Å². The molecule has 1 aromatic rings. The highest BCUT2D eigenvalue weighted by Gasteiger charge is 2.19. The van der Waals surface area contributed by atoms with Crippen molar-refractivity contribution in [2.45, 2.75) is 38.5 Å². The minimum Gasteiger partial charge on any atom is -0.355 e. The molecule has 2 rings (SSSR count). The van der Waals surface area contributed by atoms with Crippen LogP contribution in [0.3, 0.4) is 0 Å². The van der Waals surface area contributed by atoms with E-state index >= 15 is 0 Å². The van der Waals surface area contributed by atoms with Crippen LogP contribution in [0.25, 0.3) is 0 Å². The Morgan fingerprint density at radius 1 is 1.37 bits per heavy atom. The molecule has 0 spiro atoms. The SMILES string of the molecule is N#CCCNC(=O)Cc1n[nH]c(=O)c2c1CCCC2. The maximum Gasteiger partial charge on any atom is 0.267 e. The Bertz CT molecular complexity index is 571. The zero-order valence-corrected chi connectivity index (χ0v) is 10.7. The molecule has 0 saturated carbocycles. The van der Waals surface area contributed by atoms with E-state index in [-0.39, 0.29) is 17.9 Å². The molecular formula is C13H16N4O2. The van der Waals surface area contributed by atoms with Crippen LogP contribution in [0.5, 0.6) is 0 Å². The lowest BCUT2D eigenvalue weighted by Gasteiger charge is -2.16. The molecule has 1 amide bonds. The van der Waals surface area contributed by atoms with Gasteiger partial charge >= 0.3 is 0 Å². The normalized spacial score (nSPS) is 13.4. The average Bonchev–Trinajstić information content (AvgIpc) is 2.43. The van der Waals surface area contributed by atoms with Gasteiger partial charge in [-0.15, -0.1) is 0 Å². The molecule has 1 aliphatic carbocycles. The van der Waals surface area contributed by atoms with Crippen molar-refractivity contribution in [2.24, 2.45) is 0 Å². The first-order valence-corrected chi connectivity index (χ1v) is 6.45. The van der Waals surface area contributed by atoms with Crippen molar-refractivity contribution in [1.29, 1.82) is 5.26 Å². The van der Waals surface area contributed by atoms with Crippen molar-refractivity contribution < 1.29 is 4.79 Å². The molecule has 6 heteroatoms. The van der Waals surface area contributed by atoms with Gasteiger partial charge in [0.1, 0.15) is 0 Å². The van der Waals surface area contributed by atoms with Gasteiger partial charge in [-0.3, -0.25) is 9.59 Å². The predicted octanol–water partition coefficient (Wildman–Crippen LogP) is 0.221. The van der Waals surface area contributed by atoms with Gasteiger partial charge in [0.05, 0.1) is 24.6 Å². The van der Waals surface area contributed by atoms with E-state index in [4.69, 9.17) is 5.26 Å². The lowest BCUT2D eigenvalue weighted by molar-refractivity contribution is -0.120. The van der Waals surface area contributed by atoms with Gasteiger partial charge in [0.2, 0.25) is 5.91 Å². The topological polar surface area (TPSA) is 98.6 Å². The van der Waals surface area contributed by atoms with Gasteiger partial charge < -0.3 is 5.32 Å². The van der Waals surface area contributed by atoms with Gasteiger partial charge in [0.15, 0.2) is 0 Å². The first-order valence-electron chi connectivity index (χ1n) is 6.45. The summed E-state index contributed by atoms with van der Waals surface area (Å²) < 4.78 is 0. The first-order chi connectivity index (χ1) is 9.22. The van der Waals surface area contributed by atoms with Crippen molar-refractivity contribution in [3.8, 4) is 6.07 Å². The summed E-state index contributed by atoms with van der Waals surface area (Å²) in [5.41, 5.74) is 2.23. The molecule has 0 atom stereocenters. The number of hydrogen-bond acceptors (Lipinski definition) is 4. The van der Waals surface area contributed by atoms with E-state index in [1.807, 2.05) is 6.07 Å². The molecule has 0 fully saturated rings. The summed E-state index contributed by atoms with van der Waals surface area (Å²) in [6, 6.07) is 1.97. The third kappa shape index (κ3) is 3.19. The number of nitrogens with one attached hydrogen (secondary N) is 2. The summed E-state index contributed by atoms with van der Waals surface area (Å²) in [7, 11) is 0. The smallest absolute Gasteiger partial charge is 0.267 e. The Hall–Kier alpha value is -2.16. The van der Waals surface area contributed by atoms with Gasteiger partial charge in [0, 0.05) is 12.1 Å². The van der Waals surface area contributed by atoms with E-state index < -0.39 is 0 Å². The predicted molar refractivity (Wildman–Crippen MR) is 68.4 cm³/mol. The maximum absolute atomic E-state index is 11.7. The van der Waals surface area contributed by atoms with Crippen LogP contribution in [-0.2, 0) is 24.1 Å². The largest absolute Gasteiger partial charge is 0.355 e. The molecule has 1 aromatic heterocycles. The van der Waals surface area contributed by atoms with E-state index in [0.717, 1.165) is 36.8 Å². The van der Waals surface area contributed by atoms with Crippen molar-refractivity contribution in [1.82, 2.24) is 15.5 Å². The Morgan fingerprint density at radius 2 is 2.11 bits per heavy atom. The second-order valence-corrected chi connectivity index (χ2v) is 4.60. The van der Waals surface area contributed by atoms with Crippen LogP contribution in [0.1, 0.15) is 36.1 Å². The van der Waals surface area contributed by atoms with Gasteiger partial charge in [-0.2, -0.15) is 10.4 Å². The molecule has 0 aromatic carbocycles. The zero-order chi connectivity index (χ0) is 13.7. The molecule has 2 N–H and O–H groups in total. The molecule has 1 heterocycles. The molecule has 19 heavy (non-hydrogen) atoms. The van der Waals surface area contributed by atoms with E-state index in [1.54, 1.807) is 0 Å². The summed E-state index contributed by atoms with van der Waals surface area (Å²) in [6.07, 6.45) is 4.06. The standard InChI is InChI=1S/C13H16N4O2/c14-6-3-7-15-12(18)8-11-9-4-1-2-5-10(9)13(19)17-16-11/h1-5,7-8H2,(H,15,18)(H,17,19). The molecule has 0 radical (unpaired) electrons. The Morgan fingerprint density at radius 3 is 2.84 bits per heavy atom. The number of nitrogens with zero attached hydrogens (tertiary/aromatic N) is 2. The molecule has 0 bridgehead atoms. The molecular weight excluding hydrogens is 244 g/mol.